The van der Waals surface area contributed by atoms with E-state index in [4.69, 9.17) is 11.6 Å². The van der Waals surface area contributed by atoms with E-state index in [0.717, 1.165) is 6.07 Å². The summed E-state index contributed by atoms with van der Waals surface area (Å²) in [6, 6.07) is 8.46. The smallest absolute Gasteiger partial charge is 0.256 e. The van der Waals surface area contributed by atoms with Gasteiger partial charge in [-0.05, 0) is 36.8 Å². The zero-order valence-electron chi connectivity index (χ0n) is 11.7. The van der Waals surface area contributed by atoms with Crippen LogP contribution in [-0.4, -0.2) is 17.1 Å². The van der Waals surface area contributed by atoms with E-state index >= 15 is 0 Å². The Kier molecular flexibility index (Phi) is 5.11. The van der Waals surface area contributed by atoms with Gasteiger partial charge in [0.15, 0.2) is 0 Å². The highest BCUT2D eigenvalue weighted by Crippen LogP contribution is 2.21. The largest absolute Gasteiger partial charge is 0.386 e. The Hall–Kier alpha value is -1.98. The van der Waals surface area contributed by atoms with E-state index in [1.807, 2.05) is 0 Å². The Labute approximate surface area is 131 Å². The summed E-state index contributed by atoms with van der Waals surface area (Å²) in [5.74, 6) is -1.89. The third-order valence-electron chi connectivity index (χ3n) is 3.23. The van der Waals surface area contributed by atoms with Crippen molar-refractivity contribution >= 4 is 17.5 Å². The van der Waals surface area contributed by atoms with E-state index in [0.29, 0.717) is 5.56 Å². The zero-order valence-corrected chi connectivity index (χ0v) is 12.4. The molecule has 2 aromatic rings. The number of carbonyl (C=O) groups excluding carboxylic acids is 1. The molecular formula is C16H14ClF2NO2. The predicted octanol–water partition coefficient (Wildman–Crippen LogP) is 3.47. The van der Waals surface area contributed by atoms with Crippen LogP contribution in [0.4, 0.5) is 8.78 Å². The van der Waals surface area contributed by atoms with Gasteiger partial charge in [0.05, 0.1) is 22.7 Å². The van der Waals surface area contributed by atoms with E-state index in [2.05, 4.69) is 5.32 Å². The molecule has 2 rings (SSSR count). The lowest BCUT2D eigenvalue weighted by atomic mass is 10.0. The average Bonchev–Trinajstić information content (AvgIpc) is 2.47. The van der Waals surface area contributed by atoms with Gasteiger partial charge in [-0.15, -0.1) is 0 Å². The lowest BCUT2D eigenvalue weighted by Crippen LogP contribution is -2.37. The minimum atomic E-state index is -1.06. The molecule has 2 aromatic carbocycles. The first-order valence-corrected chi connectivity index (χ1v) is 6.96. The summed E-state index contributed by atoms with van der Waals surface area (Å²) in [5.41, 5.74) is 0.163. The monoisotopic (exact) mass is 325 g/mol. The van der Waals surface area contributed by atoms with Crippen molar-refractivity contribution in [3.8, 4) is 0 Å². The zero-order chi connectivity index (χ0) is 16.3. The molecule has 116 valence electrons. The van der Waals surface area contributed by atoms with Crippen molar-refractivity contribution in [2.75, 3.05) is 0 Å². The highest BCUT2D eigenvalue weighted by molar-refractivity contribution is 6.33. The van der Waals surface area contributed by atoms with E-state index < -0.39 is 29.7 Å². The molecule has 1 amide bonds. The first kappa shape index (κ1) is 16.4. The second kappa shape index (κ2) is 6.85. The second-order valence-electron chi connectivity index (χ2n) is 4.86. The van der Waals surface area contributed by atoms with Crippen molar-refractivity contribution in [3.05, 3.63) is 70.2 Å². The fourth-order valence-electron chi connectivity index (χ4n) is 2.02. The maximum atomic E-state index is 13.7. The van der Waals surface area contributed by atoms with Crippen LogP contribution >= 0.6 is 11.6 Å². The molecule has 3 nitrogen and oxygen atoms in total. The number of halogens is 3. The van der Waals surface area contributed by atoms with Crippen molar-refractivity contribution in [1.82, 2.24) is 5.32 Å². The van der Waals surface area contributed by atoms with Gasteiger partial charge in [-0.1, -0.05) is 29.8 Å². The standard InChI is InChI=1S/C16H14ClF2NO2/c1-9(15(21)10-5-7-11(18)8-6-10)20-16(22)14-12(17)3-2-4-13(14)19/h2-9,15,21H,1H3,(H,20,22)/t9-,15-/m1/s1. The summed E-state index contributed by atoms with van der Waals surface area (Å²) >= 11 is 5.82. The van der Waals surface area contributed by atoms with Gasteiger partial charge in [0.25, 0.3) is 5.91 Å². The van der Waals surface area contributed by atoms with Gasteiger partial charge in [-0.2, -0.15) is 0 Å². The van der Waals surface area contributed by atoms with Crippen molar-refractivity contribution in [2.24, 2.45) is 0 Å². The molecule has 0 heterocycles. The van der Waals surface area contributed by atoms with Crippen LogP contribution in [0, 0.1) is 11.6 Å². The molecular weight excluding hydrogens is 312 g/mol. The number of carbonyl (C=O) groups is 1. The summed E-state index contributed by atoms with van der Waals surface area (Å²) < 4.78 is 26.5. The maximum Gasteiger partial charge on any atom is 0.256 e. The van der Waals surface area contributed by atoms with Crippen LogP contribution in [0.25, 0.3) is 0 Å². The molecule has 0 aliphatic carbocycles. The Morgan fingerprint density at radius 2 is 1.82 bits per heavy atom. The molecule has 0 fully saturated rings. The Balaban J connectivity index is 2.12. The number of hydrogen-bond donors (Lipinski definition) is 2. The molecule has 0 aromatic heterocycles. The Morgan fingerprint density at radius 3 is 2.41 bits per heavy atom. The molecule has 22 heavy (non-hydrogen) atoms. The number of hydrogen-bond acceptors (Lipinski definition) is 2. The Morgan fingerprint density at radius 1 is 1.18 bits per heavy atom. The molecule has 2 atom stereocenters. The van der Waals surface area contributed by atoms with Gasteiger partial charge in [-0.3, -0.25) is 4.79 Å². The first-order chi connectivity index (χ1) is 10.4. The number of aliphatic hydroxyl groups is 1. The van der Waals surface area contributed by atoms with Gasteiger partial charge in [0.1, 0.15) is 11.6 Å². The van der Waals surface area contributed by atoms with Crippen LogP contribution < -0.4 is 5.32 Å². The molecule has 0 spiro atoms. The molecule has 2 N–H and O–H groups in total. The molecule has 0 bridgehead atoms. The highest BCUT2D eigenvalue weighted by atomic mass is 35.5. The van der Waals surface area contributed by atoms with Crippen molar-refractivity contribution in [3.63, 3.8) is 0 Å². The number of rotatable bonds is 4. The van der Waals surface area contributed by atoms with Gasteiger partial charge in [-0.25, -0.2) is 8.78 Å². The molecule has 0 radical (unpaired) electrons. The first-order valence-electron chi connectivity index (χ1n) is 6.58. The van der Waals surface area contributed by atoms with E-state index in [9.17, 15) is 18.7 Å². The summed E-state index contributed by atoms with van der Waals surface area (Å²) in [6.07, 6.45) is -1.06. The minimum absolute atomic E-state index is 0.0130. The predicted molar refractivity (Wildman–Crippen MR) is 79.7 cm³/mol. The molecule has 0 saturated heterocycles. The molecule has 0 aliphatic heterocycles. The fourth-order valence-corrected chi connectivity index (χ4v) is 2.27. The number of amides is 1. The van der Waals surface area contributed by atoms with Crippen molar-refractivity contribution < 1.29 is 18.7 Å². The lowest BCUT2D eigenvalue weighted by molar-refractivity contribution is 0.0848. The third-order valence-corrected chi connectivity index (χ3v) is 3.55. The van der Waals surface area contributed by atoms with Crippen LogP contribution in [0.15, 0.2) is 42.5 Å². The van der Waals surface area contributed by atoms with Crippen LogP contribution in [0.1, 0.15) is 28.9 Å². The van der Waals surface area contributed by atoms with Crippen LogP contribution in [0.2, 0.25) is 5.02 Å². The van der Waals surface area contributed by atoms with E-state index in [1.165, 1.54) is 36.4 Å². The number of nitrogens with one attached hydrogen (secondary N) is 1. The number of aliphatic hydroxyl groups excluding tert-OH is 1. The van der Waals surface area contributed by atoms with Gasteiger partial charge in [0, 0.05) is 0 Å². The second-order valence-corrected chi connectivity index (χ2v) is 5.26. The van der Waals surface area contributed by atoms with Crippen LogP contribution in [-0.2, 0) is 0 Å². The molecule has 0 aliphatic rings. The summed E-state index contributed by atoms with van der Waals surface area (Å²) in [5, 5.41) is 12.6. The van der Waals surface area contributed by atoms with E-state index in [-0.39, 0.29) is 10.6 Å². The minimum Gasteiger partial charge on any atom is -0.386 e. The summed E-state index contributed by atoms with van der Waals surface area (Å²) in [4.78, 5) is 12.1. The molecule has 6 heteroatoms. The SMILES string of the molecule is C[C@@H](NC(=O)c1c(F)cccc1Cl)[C@@H](O)c1ccc(F)cc1. The van der Waals surface area contributed by atoms with E-state index in [1.54, 1.807) is 6.92 Å². The summed E-state index contributed by atoms with van der Waals surface area (Å²) in [7, 11) is 0. The molecule has 0 unspecified atom stereocenters. The quantitative estimate of drug-likeness (QED) is 0.904. The fraction of sp³-hybridized carbons (Fsp3) is 0.188. The van der Waals surface area contributed by atoms with Crippen LogP contribution in [0.3, 0.4) is 0 Å². The van der Waals surface area contributed by atoms with Crippen LogP contribution in [0.5, 0.6) is 0 Å². The topological polar surface area (TPSA) is 49.3 Å². The van der Waals surface area contributed by atoms with Crippen molar-refractivity contribution in [2.45, 2.75) is 19.1 Å². The van der Waals surface area contributed by atoms with Crippen molar-refractivity contribution in [1.29, 1.82) is 0 Å². The van der Waals surface area contributed by atoms with Gasteiger partial charge >= 0.3 is 0 Å². The van der Waals surface area contributed by atoms with Gasteiger partial charge in [0.2, 0.25) is 0 Å². The maximum absolute atomic E-state index is 13.7. The lowest BCUT2D eigenvalue weighted by Gasteiger charge is -2.21. The average molecular weight is 326 g/mol. The third kappa shape index (κ3) is 3.61. The number of benzene rings is 2. The Bertz CT molecular complexity index is 656. The normalized spacial score (nSPS) is 13.5. The highest BCUT2D eigenvalue weighted by Gasteiger charge is 2.22. The summed E-state index contributed by atoms with van der Waals surface area (Å²) in [6.45, 7) is 1.56. The van der Waals surface area contributed by atoms with Gasteiger partial charge < -0.3 is 10.4 Å². The molecule has 0 saturated carbocycles.